The molecule has 0 aliphatic carbocycles. The zero-order valence-electron chi connectivity index (χ0n) is 5.55. The Kier molecular flexibility index (Phi) is 3.28. The second kappa shape index (κ2) is 3.78. The summed E-state index contributed by atoms with van der Waals surface area (Å²) < 4.78 is 4.62. The van der Waals surface area contributed by atoms with Crippen LogP contribution in [0.15, 0.2) is 36.8 Å². The Balaban J connectivity index is 3.77. The SMILES string of the molecule is C=C(N)C(=C)/C=C/OC. The summed E-state index contributed by atoms with van der Waals surface area (Å²) in [5.41, 5.74) is 6.41. The number of ether oxygens (including phenoxy) is 1. The first-order valence-electron chi connectivity index (χ1n) is 2.51. The smallest absolute Gasteiger partial charge is 0.0831 e. The first-order chi connectivity index (χ1) is 4.18. The van der Waals surface area contributed by atoms with Crippen molar-refractivity contribution in [1.82, 2.24) is 0 Å². The summed E-state index contributed by atoms with van der Waals surface area (Å²) in [5.74, 6) is 0. The number of allylic oxidation sites excluding steroid dienone is 1. The lowest BCUT2D eigenvalue weighted by atomic mass is 10.2. The van der Waals surface area contributed by atoms with Crippen LogP contribution in [0.4, 0.5) is 0 Å². The molecule has 2 heteroatoms. The van der Waals surface area contributed by atoms with Crippen LogP contribution < -0.4 is 5.73 Å². The lowest BCUT2D eigenvalue weighted by molar-refractivity contribution is 0.338. The van der Waals surface area contributed by atoms with Crippen molar-refractivity contribution in [2.75, 3.05) is 7.11 Å². The van der Waals surface area contributed by atoms with E-state index in [9.17, 15) is 0 Å². The Morgan fingerprint density at radius 2 is 2.11 bits per heavy atom. The van der Waals surface area contributed by atoms with Gasteiger partial charge in [-0.2, -0.15) is 0 Å². The molecule has 50 valence electrons. The topological polar surface area (TPSA) is 35.2 Å². The zero-order chi connectivity index (χ0) is 7.28. The maximum absolute atomic E-state index is 5.28. The Morgan fingerprint density at radius 3 is 2.44 bits per heavy atom. The van der Waals surface area contributed by atoms with E-state index in [1.54, 1.807) is 13.2 Å². The van der Waals surface area contributed by atoms with Crippen LogP contribution in [-0.2, 0) is 4.74 Å². The molecule has 0 unspecified atom stereocenters. The lowest BCUT2D eigenvalue weighted by Crippen LogP contribution is -1.94. The molecule has 0 rings (SSSR count). The average Bonchev–Trinajstić information content (AvgIpc) is 1.82. The minimum Gasteiger partial charge on any atom is -0.504 e. The van der Waals surface area contributed by atoms with Gasteiger partial charge in [0.05, 0.1) is 13.4 Å². The van der Waals surface area contributed by atoms with Crippen LogP contribution in [0.3, 0.4) is 0 Å². The van der Waals surface area contributed by atoms with E-state index in [2.05, 4.69) is 17.9 Å². The molecule has 0 radical (unpaired) electrons. The fraction of sp³-hybridized carbons (Fsp3) is 0.143. The summed E-state index contributed by atoms with van der Waals surface area (Å²) in [4.78, 5) is 0. The molecular weight excluding hydrogens is 114 g/mol. The van der Waals surface area contributed by atoms with Gasteiger partial charge in [0.25, 0.3) is 0 Å². The van der Waals surface area contributed by atoms with E-state index >= 15 is 0 Å². The molecule has 0 saturated carbocycles. The number of methoxy groups -OCH3 is 1. The van der Waals surface area contributed by atoms with Gasteiger partial charge in [0.1, 0.15) is 0 Å². The number of hydrogen-bond acceptors (Lipinski definition) is 2. The van der Waals surface area contributed by atoms with E-state index in [-0.39, 0.29) is 0 Å². The summed E-state index contributed by atoms with van der Waals surface area (Å²) in [6, 6.07) is 0. The Morgan fingerprint density at radius 1 is 1.56 bits per heavy atom. The first kappa shape index (κ1) is 7.82. The molecule has 2 nitrogen and oxygen atoms in total. The molecule has 0 amide bonds. The molecule has 2 N–H and O–H groups in total. The van der Waals surface area contributed by atoms with Crippen LogP contribution in [0.2, 0.25) is 0 Å². The van der Waals surface area contributed by atoms with Gasteiger partial charge in [0.2, 0.25) is 0 Å². The molecule has 0 spiro atoms. The zero-order valence-corrected chi connectivity index (χ0v) is 5.55. The molecular formula is C7H11NO. The normalized spacial score (nSPS) is 9.44. The van der Waals surface area contributed by atoms with Crippen molar-refractivity contribution in [2.45, 2.75) is 0 Å². The lowest BCUT2D eigenvalue weighted by Gasteiger charge is -1.94. The second-order valence-corrected chi connectivity index (χ2v) is 1.59. The van der Waals surface area contributed by atoms with Gasteiger partial charge < -0.3 is 10.5 Å². The second-order valence-electron chi connectivity index (χ2n) is 1.59. The summed E-state index contributed by atoms with van der Waals surface area (Å²) in [6.07, 6.45) is 3.16. The van der Waals surface area contributed by atoms with Crippen LogP contribution in [0, 0.1) is 0 Å². The Labute approximate surface area is 55.3 Å². The van der Waals surface area contributed by atoms with Crippen molar-refractivity contribution in [3.05, 3.63) is 36.8 Å². The highest BCUT2D eigenvalue weighted by atomic mass is 16.5. The van der Waals surface area contributed by atoms with Crippen LogP contribution in [0.25, 0.3) is 0 Å². The van der Waals surface area contributed by atoms with Crippen LogP contribution in [0.5, 0.6) is 0 Å². The fourth-order valence-electron chi connectivity index (χ4n) is 0.257. The predicted molar refractivity (Wildman–Crippen MR) is 38.6 cm³/mol. The summed E-state index contributed by atoms with van der Waals surface area (Å²) in [5, 5.41) is 0. The summed E-state index contributed by atoms with van der Waals surface area (Å²) in [6.45, 7) is 7.08. The third-order valence-corrected chi connectivity index (χ3v) is 0.818. The van der Waals surface area contributed by atoms with Gasteiger partial charge in [0, 0.05) is 5.70 Å². The van der Waals surface area contributed by atoms with Crippen molar-refractivity contribution in [1.29, 1.82) is 0 Å². The highest BCUT2D eigenvalue weighted by Crippen LogP contribution is 1.98. The molecule has 0 aromatic rings. The average molecular weight is 125 g/mol. The van der Waals surface area contributed by atoms with Crippen molar-refractivity contribution in [3.8, 4) is 0 Å². The fourth-order valence-corrected chi connectivity index (χ4v) is 0.257. The highest BCUT2D eigenvalue weighted by molar-refractivity contribution is 5.31. The molecule has 0 aromatic heterocycles. The molecule has 0 fully saturated rings. The molecule has 0 aliphatic heterocycles. The summed E-state index contributed by atoms with van der Waals surface area (Å²) in [7, 11) is 1.56. The largest absolute Gasteiger partial charge is 0.504 e. The van der Waals surface area contributed by atoms with E-state index in [4.69, 9.17) is 5.73 Å². The Hall–Kier alpha value is -1.18. The third kappa shape index (κ3) is 3.41. The van der Waals surface area contributed by atoms with Gasteiger partial charge >= 0.3 is 0 Å². The van der Waals surface area contributed by atoms with E-state index in [1.807, 2.05) is 0 Å². The van der Waals surface area contributed by atoms with Gasteiger partial charge in [0.15, 0.2) is 0 Å². The van der Waals surface area contributed by atoms with Gasteiger partial charge in [-0.15, -0.1) is 0 Å². The van der Waals surface area contributed by atoms with Crippen molar-refractivity contribution < 1.29 is 4.74 Å². The van der Waals surface area contributed by atoms with Crippen LogP contribution >= 0.6 is 0 Å². The quantitative estimate of drug-likeness (QED) is 0.454. The van der Waals surface area contributed by atoms with Gasteiger partial charge in [-0.3, -0.25) is 0 Å². The molecule has 0 aromatic carbocycles. The molecule has 9 heavy (non-hydrogen) atoms. The number of hydrogen-bond donors (Lipinski definition) is 1. The van der Waals surface area contributed by atoms with Crippen molar-refractivity contribution >= 4 is 0 Å². The van der Waals surface area contributed by atoms with Gasteiger partial charge in [-0.25, -0.2) is 0 Å². The number of nitrogens with two attached hydrogens (primary N) is 1. The van der Waals surface area contributed by atoms with E-state index < -0.39 is 0 Å². The molecule has 0 aliphatic rings. The van der Waals surface area contributed by atoms with Crippen LogP contribution in [0.1, 0.15) is 0 Å². The van der Waals surface area contributed by atoms with Crippen LogP contribution in [-0.4, -0.2) is 7.11 Å². The van der Waals surface area contributed by atoms with Gasteiger partial charge in [-0.1, -0.05) is 13.2 Å². The monoisotopic (exact) mass is 125 g/mol. The van der Waals surface area contributed by atoms with Gasteiger partial charge in [-0.05, 0) is 11.6 Å². The Bertz CT molecular complexity index is 147. The van der Waals surface area contributed by atoms with Crippen molar-refractivity contribution in [2.24, 2.45) is 5.73 Å². The molecule has 0 heterocycles. The molecule has 0 bridgehead atoms. The van der Waals surface area contributed by atoms with E-state index in [0.717, 1.165) is 0 Å². The van der Waals surface area contributed by atoms with E-state index in [1.165, 1.54) is 6.26 Å². The standard InChI is InChI=1S/C7H11NO/c1-6(7(2)8)4-5-9-3/h4-5H,1-2,8H2,3H3/b5-4+. The molecule has 0 saturated heterocycles. The highest BCUT2D eigenvalue weighted by Gasteiger charge is 1.85. The maximum atomic E-state index is 5.28. The number of rotatable bonds is 3. The van der Waals surface area contributed by atoms with Crippen molar-refractivity contribution in [3.63, 3.8) is 0 Å². The third-order valence-electron chi connectivity index (χ3n) is 0.818. The molecule has 0 atom stereocenters. The first-order valence-corrected chi connectivity index (χ1v) is 2.51. The van der Waals surface area contributed by atoms with E-state index in [0.29, 0.717) is 11.3 Å². The maximum Gasteiger partial charge on any atom is 0.0831 e. The minimum atomic E-state index is 0.461. The minimum absolute atomic E-state index is 0.461. The summed E-state index contributed by atoms with van der Waals surface area (Å²) >= 11 is 0. The predicted octanol–water partition coefficient (Wildman–Crippen LogP) is 1.18.